The quantitative estimate of drug-likeness (QED) is 0.253. The number of hydrogen-bond acceptors (Lipinski definition) is 7. The van der Waals surface area contributed by atoms with Gasteiger partial charge in [0.25, 0.3) is 23.1 Å². The summed E-state index contributed by atoms with van der Waals surface area (Å²) in [7, 11) is 0. The molecule has 11 nitrogen and oxygen atoms in total. The number of carbonyl (C=O) groups is 2. The molecule has 0 saturated heterocycles. The van der Waals surface area contributed by atoms with Gasteiger partial charge in [-0.1, -0.05) is 24.3 Å². The lowest BCUT2D eigenvalue weighted by Crippen LogP contribution is -2.46. The molecule has 1 aromatic heterocycles. The van der Waals surface area contributed by atoms with Crippen molar-refractivity contribution < 1.29 is 23.6 Å². The molecular formula is C30H24FN5O6. The molecule has 0 radical (unpaired) electrons. The fourth-order valence-corrected chi connectivity index (χ4v) is 4.43. The molecule has 1 aliphatic rings. The van der Waals surface area contributed by atoms with Crippen molar-refractivity contribution >= 4 is 28.3 Å². The Morgan fingerprint density at radius 3 is 2.29 bits per heavy atom. The summed E-state index contributed by atoms with van der Waals surface area (Å²) in [5.41, 5.74) is -0.796. The third-order valence-electron chi connectivity index (χ3n) is 6.59. The lowest BCUT2D eigenvalue weighted by atomic mass is 10.0. The van der Waals surface area contributed by atoms with E-state index in [-0.39, 0.29) is 29.0 Å². The number of nitro benzene ring substituents is 1. The second-order valence-corrected chi connectivity index (χ2v) is 9.92. The maximum atomic E-state index is 14.8. The lowest BCUT2D eigenvalue weighted by molar-refractivity contribution is -0.384. The molecular weight excluding hydrogens is 545 g/mol. The molecule has 2 amide bonds. The average molecular weight is 570 g/mol. The summed E-state index contributed by atoms with van der Waals surface area (Å²) in [4.78, 5) is 51.1. The number of halogens is 1. The highest BCUT2D eigenvalue weighted by Gasteiger charge is 2.34. The van der Waals surface area contributed by atoms with Crippen LogP contribution in [-0.4, -0.2) is 42.3 Å². The third kappa shape index (κ3) is 5.63. The number of aromatic nitrogens is 2. The number of aromatic amines is 1. The molecule has 0 fully saturated rings. The van der Waals surface area contributed by atoms with E-state index in [1.165, 1.54) is 79.9 Å². The van der Waals surface area contributed by atoms with E-state index in [9.17, 15) is 28.9 Å². The first-order valence-electron chi connectivity index (χ1n) is 12.7. The van der Waals surface area contributed by atoms with Crippen LogP contribution in [0.25, 0.3) is 10.8 Å². The van der Waals surface area contributed by atoms with Gasteiger partial charge in [-0.25, -0.2) is 9.49 Å². The minimum absolute atomic E-state index is 0.110. The number of fused-ring (bicyclic) bond motifs is 1. The molecule has 0 bridgehead atoms. The highest BCUT2D eigenvalue weighted by atomic mass is 19.1. The Hall–Kier alpha value is -5.65. The van der Waals surface area contributed by atoms with E-state index in [0.29, 0.717) is 22.0 Å². The zero-order valence-corrected chi connectivity index (χ0v) is 22.5. The summed E-state index contributed by atoms with van der Waals surface area (Å²) >= 11 is 0. The van der Waals surface area contributed by atoms with Crippen LogP contribution in [0.2, 0.25) is 0 Å². The smallest absolute Gasteiger partial charge is 0.274 e. The van der Waals surface area contributed by atoms with Crippen LogP contribution >= 0.6 is 0 Å². The summed E-state index contributed by atoms with van der Waals surface area (Å²) in [5, 5.41) is 18.6. The van der Waals surface area contributed by atoms with Crippen molar-refractivity contribution in [3.8, 4) is 5.75 Å². The Balaban J connectivity index is 1.29. The van der Waals surface area contributed by atoms with E-state index in [1.807, 2.05) is 0 Å². The summed E-state index contributed by atoms with van der Waals surface area (Å²) in [6.07, 6.45) is 5.59. The van der Waals surface area contributed by atoms with Crippen LogP contribution in [0.3, 0.4) is 0 Å². The van der Waals surface area contributed by atoms with Crippen molar-refractivity contribution in [1.82, 2.24) is 20.0 Å². The molecule has 1 N–H and O–H groups in total. The molecule has 4 aromatic rings. The summed E-state index contributed by atoms with van der Waals surface area (Å²) in [6, 6.07) is 16.5. The number of nitrogens with zero attached hydrogens (tertiary/aromatic N) is 4. The monoisotopic (exact) mass is 569 g/mol. The highest BCUT2D eigenvalue weighted by Crippen LogP contribution is 2.25. The van der Waals surface area contributed by atoms with Crippen molar-refractivity contribution in [1.29, 1.82) is 0 Å². The molecule has 0 saturated carbocycles. The van der Waals surface area contributed by atoms with E-state index >= 15 is 0 Å². The Kier molecular flexibility index (Phi) is 7.36. The average Bonchev–Trinajstić information content (AvgIpc) is 2.99. The predicted octanol–water partition coefficient (Wildman–Crippen LogP) is 4.65. The van der Waals surface area contributed by atoms with Gasteiger partial charge < -0.3 is 4.74 Å². The normalized spacial score (nSPS) is 12.9. The van der Waals surface area contributed by atoms with Gasteiger partial charge in [-0.05, 0) is 49.7 Å². The second-order valence-electron chi connectivity index (χ2n) is 9.92. The molecule has 42 heavy (non-hydrogen) atoms. The third-order valence-corrected chi connectivity index (χ3v) is 6.59. The predicted molar refractivity (Wildman–Crippen MR) is 151 cm³/mol. The van der Waals surface area contributed by atoms with E-state index in [2.05, 4.69) is 10.2 Å². The zero-order valence-electron chi connectivity index (χ0n) is 22.5. The van der Waals surface area contributed by atoms with Gasteiger partial charge in [0.05, 0.1) is 21.6 Å². The largest absolute Gasteiger partial charge is 0.478 e. The standard InChI is InChI=1S/C30H24FN5O6/c1-30(2,42-21-10-8-20(9-11-21)36(40)41)29(39)35-15-13-34(14-16-35)28(38)24-17-19(7-12-25(24)31)18-26-22-5-3-4-6-23(22)27(37)33-32-26/h3-17H,18H2,1-2H3,(H,33,37). The first kappa shape index (κ1) is 27.9. The minimum atomic E-state index is -1.36. The molecule has 1 aliphatic heterocycles. The van der Waals surface area contributed by atoms with Crippen LogP contribution in [0.1, 0.15) is 35.5 Å². The maximum Gasteiger partial charge on any atom is 0.274 e. The van der Waals surface area contributed by atoms with Gasteiger partial charge in [0.15, 0.2) is 5.60 Å². The number of ether oxygens (including phenoxy) is 1. The Morgan fingerprint density at radius 1 is 0.976 bits per heavy atom. The van der Waals surface area contributed by atoms with Crippen LogP contribution in [0.4, 0.5) is 10.1 Å². The first-order chi connectivity index (χ1) is 20.0. The van der Waals surface area contributed by atoms with Crippen molar-refractivity contribution in [2.24, 2.45) is 0 Å². The van der Waals surface area contributed by atoms with Gasteiger partial charge in [-0.3, -0.25) is 34.3 Å². The first-order valence-corrected chi connectivity index (χ1v) is 12.7. The number of benzene rings is 3. The molecule has 0 aliphatic carbocycles. The number of amides is 2. The number of nitrogens with one attached hydrogen (secondary N) is 1. The number of rotatable bonds is 7. The molecule has 0 atom stereocenters. The Labute approximate surface area is 238 Å². The highest BCUT2D eigenvalue weighted by molar-refractivity contribution is 5.96. The summed E-state index contributed by atoms with van der Waals surface area (Å²) < 4.78 is 20.5. The fourth-order valence-electron chi connectivity index (χ4n) is 4.43. The fraction of sp³-hybridized carbons (Fsp3) is 0.133. The topological polar surface area (TPSA) is 139 Å². The van der Waals surface area contributed by atoms with E-state index in [0.717, 1.165) is 4.90 Å². The summed E-state index contributed by atoms with van der Waals surface area (Å²) in [5.74, 6) is -1.59. The molecule has 0 spiro atoms. The van der Waals surface area contributed by atoms with Gasteiger partial charge in [-0.2, -0.15) is 5.10 Å². The molecule has 2 heterocycles. The Morgan fingerprint density at radius 2 is 1.62 bits per heavy atom. The number of hydrogen-bond donors (Lipinski definition) is 1. The Bertz CT molecular complexity index is 1820. The minimum Gasteiger partial charge on any atom is -0.478 e. The van der Waals surface area contributed by atoms with Crippen LogP contribution in [0.15, 0.2) is 96.3 Å². The van der Waals surface area contributed by atoms with Gasteiger partial charge in [0.1, 0.15) is 11.6 Å². The molecule has 212 valence electrons. The van der Waals surface area contributed by atoms with Crippen LogP contribution in [0, 0.1) is 15.9 Å². The summed E-state index contributed by atoms with van der Waals surface area (Å²) in [6.45, 7) is 3.08. The number of H-pyrrole nitrogens is 1. The van der Waals surface area contributed by atoms with Crippen LogP contribution in [0.5, 0.6) is 5.75 Å². The molecule has 3 aromatic carbocycles. The lowest BCUT2D eigenvalue weighted by Gasteiger charge is -2.30. The van der Waals surface area contributed by atoms with Crippen molar-refractivity contribution in [2.75, 3.05) is 0 Å². The van der Waals surface area contributed by atoms with Gasteiger partial charge in [0.2, 0.25) is 0 Å². The SMILES string of the molecule is CC(C)(Oc1ccc([N+](=O)[O-])cc1)C(=O)N1C=CN(C(=O)c2cc(Cc3n[nH]c(=O)c4ccccc34)ccc2F)C=C1. The van der Waals surface area contributed by atoms with Crippen molar-refractivity contribution in [2.45, 2.75) is 25.9 Å². The molecule has 5 rings (SSSR count). The molecule has 0 unspecified atom stereocenters. The number of carbonyl (C=O) groups excluding carboxylic acids is 2. The van der Waals surface area contributed by atoms with E-state index in [1.54, 1.807) is 30.3 Å². The number of non-ortho nitro benzene ring substituents is 1. The zero-order chi connectivity index (χ0) is 30.0. The van der Waals surface area contributed by atoms with Crippen molar-refractivity contribution in [3.63, 3.8) is 0 Å². The van der Waals surface area contributed by atoms with Crippen molar-refractivity contribution in [3.05, 3.63) is 135 Å². The van der Waals surface area contributed by atoms with Crippen LogP contribution in [-0.2, 0) is 11.2 Å². The van der Waals surface area contributed by atoms with Gasteiger partial charge in [-0.15, -0.1) is 0 Å². The maximum absolute atomic E-state index is 14.8. The van der Waals surface area contributed by atoms with E-state index in [4.69, 9.17) is 4.74 Å². The molecule has 12 heteroatoms. The van der Waals surface area contributed by atoms with Gasteiger partial charge >= 0.3 is 0 Å². The second kappa shape index (κ2) is 11.1. The van der Waals surface area contributed by atoms with E-state index < -0.39 is 28.2 Å². The van der Waals surface area contributed by atoms with Gasteiger partial charge in [0, 0.05) is 48.7 Å². The van der Waals surface area contributed by atoms with Crippen LogP contribution < -0.4 is 10.3 Å². The number of nitro groups is 1.